The van der Waals surface area contributed by atoms with Crippen LogP contribution in [0.15, 0.2) is 0 Å². The van der Waals surface area contributed by atoms with Gasteiger partial charge in [0, 0.05) is 26.6 Å². The van der Waals surface area contributed by atoms with E-state index in [1.807, 2.05) is 0 Å². The van der Waals surface area contributed by atoms with Crippen LogP contribution in [-0.2, 0) is 14.3 Å². The number of carbonyl (C=O) groups is 3. The van der Waals surface area contributed by atoms with E-state index in [9.17, 15) is 14.4 Å². The summed E-state index contributed by atoms with van der Waals surface area (Å²) in [7, 11) is 2.91. The van der Waals surface area contributed by atoms with E-state index in [2.05, 4.69) is 0 Å². The Hall–Kier alpha value is -1.79. The Bertz CT molecular complexity index is 384. The van der Waals surface area contributed by atoms with E-state index in [0.717, 1.165) is 0 Å². The van der Waals surface area contributed by atoms with Crippen LogP contribution in [0.5, 0.6) is 0 Å². The van der Waals surface area contributed by atoms with Crippen LogP contribution in [-0.4, -0.2) is 66.1 Å². The molecule has 0 aromatic rings. The zero-order valence-electron chi connectivity index (χ0n) is 10.6. The Morgan fingerprint density at radius 3 is 2.72 bits per heavy atom. The van der Waals surface area contributed by atoms with Crippen LogP contribution >= 0.6 is 0 Å². The SMILES string of the molecule is COC(=O)[C@@H]1CCCN2C(=O)CCN(C)C(=O)N12. The van der Waals surface area contributed by atoms with E-state index in [4.69, 9.17) is 4.74 Å². The number of esters is 1. The number of urea groups is 1. The van der Waals surface area contributed by atoms with Gasteiger partial charge in [-0.2, -0.15) is 0 Å². The van der Waals surface area contributed by atoms with Gasteiger partial charge in [0.05, 0.1) is 7.11 Å². The third-order valence-corrected chi connectivity index (χ3v) is 3.35. The van der Waals surface area contributed by atoms with Crippen LogP contribution in [0, 0.1) is 0 Å². The number of hydrazine groups is 1. The monoisotopic (exact) mass is 255 g/mol. The summed E-state index contributed by atoms with van der Waals surface area (Å²) >= 11 is 0. The van der Waals surface area contributed by atoms with Crippen molar-refractivity contribution in [2.45, 2.75) is 25.3 Å². The minimum atomic E-state index is -0.694. The molecule has 0 bridgehead atoms. The average molecular weight is 255 g/mol. The molecule has 1 atom stereocenters. The number of carbonyl (C=O) groups excluding carboxylic acids is 3. The lowest BCUT2D eigenvalue weighted by Gasteiger charge is -2.41. The van der Waals surface area contributed by atoms with Crippen molar-refractivity contribution in [3.63, 3.8) is 0 Å². The predicted molar refractivity (Wildman–Crippen MR) is 61.2 cm³/mol. The summed E-state index contributed by atoms with van der Waals surface area (Å²) < 4.78 is 4.71. The van der Waals surface area contributed by atoms with Gasteiger partial charge in [-0.3, -0.25) is 4.79 Å². The highest BCUT2D eigenvalue weighted by Crippen LogP contribution is 2.23. The van der Waals surface area contributed by atoms with Crippen molar-refractivity contribution in [2.24, 2.45) is 0 Å². The van der Waals surface area contributed by atoms with Crippen LogP contribution in [0.4, 0.5) is 4.79 Å². The number of ether oxygens (including phenoxy) is 1. The summed E-state index contributed by atoms with van der Waals surface area (Å²) in [5.41, 5.74) is 0. The molecule has 2 rings (SSSR count). The molecular formula is C11H17N3O4. The maximum atomic E-state index is 12.2. The van der Waals surface area contributed by atoms with E-state index >= 15 is 0 Å². The van der Waals surface area contributed by atoms with Gasteiger partial charge in [0.1, 0.15) is 0 Å². The van der Waals surface area contributed by atoms with Gasteiger partial charge in [-0.05, 0) is 12.8 Å². The zero-order chi connectivity index (χ0) is 13.3. The largest absolute Gasteiger partial charge is 0.467 e. The lowest BCUT2D eigenvalue weighted by Crippen LogP contribution is -2.60. The number of fused-ring (bicyclic) bond motifs is 1. The van der Waals surface area contributed by atoms with Crippen molar-refractivity contribution < 1.29 is 19.1 Å². The van der Waals surface area contributed by atoms with Gasteiger partial charge in [-0.1, -0.05) is 0 Å². The Kier molecular flexibility index (Phi) is 3.40. The molecule has 0 N–H and O–H groups in total. The van der Waals surface area contributed by atoms with Crippen molar-refractivity contribution in [1.29, 1.82) is 0 Å². The van der Waals surface area contributed by atoms with Gasteiger partial charge in [-0.25, -0.2) is 19.6 Å². The molecule has 0 spiro atoms. The maximum Gasteiger partial charge on any atom is 0.339 e. The highest BCUT2D eigenvalue weighted by atomic mass is 16.5. The second-order valence-electron chi connectivity index (χ2n) is 4.50. The minimum absolute atomic E-state index is 0.124. The molecule has 2 aliphatic rings. The fourth-order valence-corrected chi connectivity index (χ4v) is 2.33. The molecule has 2 saturated heterocycles. The third-order valence-electron chi connectivity index (χ3n) is 3.35. The molecule has 0 radical (unpaired) electrons. The Morgan fingerprint density at radius 1 is 1.33 bits per heavy atom. The van der Waals surface area contributed by atoms with Gasteiger partial charge in [-0.15, -0.1) is 0 Å². The minimum Gasteiger partial charge on any atom is -0.467 e. The van der Waals surface area contributed by atoms with Gasteiger partial charge < -0.3 is 9.64 Å². The second-order valence-corrected chi connectivity index (χ2v) is 4.50. The van der Waals surface area contributed by atoms with E-state index in [1.54, 1.807) is 7.05 Å². The molecule has 0 aromatic heterocycles. The molecule has 3 amide bonds. The fourth-order valence-electron chi connectivity index (χ4n) is 2.33. The summed E-state index contributed by atoms with van der Waals surface area (Å²) in [5.74, 6) is -0.600. The van der Waals surface area contributed by atoms with Crippen LogP contribution in [0.25, 0.3) is 0 Å². The van der Waals surface area contributed by atoms with Crippen molar-refractivity contribution in [3.05, 3.63) is 0 Å². The zero-order valence-corrected chi connectivity index (χ0v) is 10.6. The standard InChI is InChI=1S/C11H17N3O4/c1-12-7-5-9(15)13-6-3-4-8(10(16)18-2)14(13)11(12)17/h8H,3-7H2,1-2H3/t8-/m0/s1. The van der Waals surface area contributed by atoms with Crippen molar-refractivity contribution in [2.75, 3.05) is 27.2 Å². The molecule has 7 nitrogen and oxygen atoms in total. The highest BCUT2D eigenvalue weighted by molar-refractivity contribution is 5.88. The first-order chi connectivity index (χ1) is 8.56. The molecule has 0 unspecified atom stereocenters. The summed E-state index contributed by atoms with van der Waals surface area (Å²) in [4.78, 5) is 37.3. The Balaban J connectivity index is 2.32. The van der Waals surface area contributed by atoms with Crippen LogP contribution < -0.4 is 0 Å². The fraction of sp³-hybridized carbons (Fsp3) is 0.727. The molecule has 100 valence electrons. The molecule has 0 aliphatic carbocycles. The Labute approximate surface area is 105 Å². The number of hydrogen-bond donors (Lipinski definition) is 0. The van der Waals surface area contributed by atoms with Gasteiger partial charge in [0.15, 0.2) is 6.04 Å². The van der Waals surface area contributed by atoms with Crippen LogP contribution in [0.1, 0.15) is 19.3 Å². The van der Waals surface area contributed by atoms with E-state index in [-0.39, 0.29) is 18.4 Å². The molecule has 2 heterocycles. The summed E-state index contributed by atoms with van der Waals surface area (Å²) in [5, 5.41) is 2.64. The summed E-state index contributed by atoms with van der Waals surface area (Å²) in [6.07, 6.45) is 1.50. The summed E-state index contributed by atoms with van der Waals surface area (Å²) in [6, 6.07) is -1.02. The number of hydrogen-bond acceptors (Lipinski definition) is 4. The maximum absolute atomic E-state index is 12.2. The highest BCUT2D eigenvalue weighted by Gasteiger charge is 2.42. The number of nitrogens with zero attached hydrogens (tertiary/aromatic N) is 3. The smallest absolute Gasteiger partial charge is 0.339 e. The first-order valence-corrected chi connectivity index (χ1v) is 5.98. The molecule has 7 heteroatoms. The molecule has 18 heavy (non-hydrogen) atoms. The topological polar surface area (TPSA) is 70.2 Å². The van der Waals surface area contributed by atoms with Gasteiger partial charge >= 0.3 is 12.0 Å². The average Bonchev–Trinajstić information content (AvgIpc) is 2.50. The first-order valence-electron chi connectivity index (χ1n) is 5.98. The third kappa shape index (κ3) is 2.00. The van der Waals surface area contributed by atoms with E-state index < -0.39 is 12.0 Å². The molecule has 0 aromatic carbocycles. The number of methoxy groups -OCH3 is 1. The quantitative estimate of drug-likeness (QED) is 0.610. The van der Waals surface area contributed by atoms with Crippen molar-refractivity contribution in [1.82, 2.24) is 14.9 Å². The molecule has 2 fully saturated rings. The second kappa shape index (κ2) is 4.83. The van der Waals surface area contributed by atoms with Crippen molar-refractivity contribution in [3.8, 4) is 0 Å². The van der Waals surface area contributed by atoms with E-state index in [0.29, 0.717) is 25.9 Å². The van der Waals surface area contributed by atoms with Gasteiger partial charge in [0.2, 0.25) is 5.91 Å². The number of amides is 3. The lowest BCUT2D eigenvalue weighted by atomic mass is 10.1. The van der Waals surface area contributed by atoms with E-state index in [1.165, 1.54) is 22.0 Å². The predicted octanol–water partition coefficient (Wildman–Crippen LogP) is -0.177. The first kappa shape index (κ1) is 12.7. The molecule has 0 saturated carbocycles. The molecule has 2 aliphatic heterocycles. The van der Waals surface area contributed by atoms with Crippen LogP contribution in [0.3, 0.4) is 0 Å². The Morgan fingerprint density at radius 2 is 2.06 bits per heavy atom. The van der Waals surface area contributed by atoms with Crippen LogP contribution in [0.2, 0.25) is 0 Å². The summed E-state index contributed by atoms with van der Waals surface area (Å²) in [6.45, 7) is 0.852. The molecular weight excluding hydrogens is 238 g/mol. The normalized spacial score (nSPS) is 24.8. The van der Waals surface area contributed by atoms with Gasteiger partial charge in [0.25, 0.3) is 0 Å². The number of rotatable bonds is 1. The van der Waals surface area contributed by atoms with Crippen molar-refractivity contribution >= 4 is 17.9 Å². The lowest BCUT2D eigenvalue weighted by molar-refractivity contribution is -0.164.